The fourth-order valence-corrected chi connectivity index (χ4v) is 1.52. The van der Waals surface area contributed by atoms with Crippen molar-refractivity contribution in [2.24, 2.45) is 0 Å². The van der Waals surface area contributed by atoms with Crippen LogP contribution < -0.4 is 11.2 Å². The second-order valence-electron chi connectivity index (χ2n) is 3.52. The Morgan fingerprint density at radius 2 is 2.24 bits per heavy atom. The molecule has 0 aromatic carbocycles. The quantitative estimate of drug-likeness (QED) is 0.745. The van der Waals surface area contributed by atoms with Crippen molar-refractivity contribution in [2.45, 2.75) is 13.0 Å². The molecule has 88 valence electrons. The van der Waals surface area contributed by atoms with Crippen molar-refractivity contribution in [3.05, 3.63) is 39.2 Å². The highest BCUT2D eigenvalue weighted by Gasteiger charge is 2.19. The molecule has 7 heteroatoms. The molecule has 2 aromatic heterocycles. The van der Waals surface area contributed by atoms with E-state index in [9.17, 15) is 14.4 Å². The van der Waals surface area contributed by atoms with E-state index in [2.05, 4.69) is 9.97 Å². The number of aromatic amines is 1. The van der Waals surface area contributed by atoms with E-state index in [1.807, 2.05) is 0 Å². The van der Waals surface area contributed by atoms with E-state index in [-0.39, 0.29) is 11.0 Å². The summed E-state index contributed by atoms with van der Waals surface area (Å²) < 4.78 is 0.637. The average Bonchev–Trinajstić information content (AvgIpc) is 2.28. The number of hydrogen-bond donors (Lipinski definition) is 2. The Hall–Kier alpha value is -2.44. The number of rotatable bonds is 2. The predicted octanol–water partition coefficient (Wildman–Crippen LogP) is -0.270. The minimum absolute atomic E-state index is 0.0419. The van der Waals surface area contributed by atoms with Crippen molar-refractivity contribution in [1.82, 2.24) is 14.5 Å². The third kappa shape index (κ3) is 1.71. The Labute approximate surface area is 94.4 Å². The van der Waals surface area contributed by atoms with Crippen LogP contribution in [0.3, 0.4) is 0 Å². The van der Waals surface area contributed by atoms with Crippen molar-refractivity contribution in [1.29, 1.82) is 0 Å². The molecule has 0 aliphatic heterocycles. The largest absolute Gasteiger partial charge is 0.480 e. The molecule has 0 spiro atoms. The van der Waals surface area contributed by atoms with E-state index in [4.69, 9.17) is 5.11 Å². The molecular weight excluding hydrogens is 226 g/mol. The van der Waals surface area contributed by atoms with Crippen LogP contribution >= 0.6 is 0 Å². The van der Waals surface area contributed by atoms with Crippen LogP contribution in [0.1, 0.15) is 13.0 Å². The van der Waals surface area contributed by atoms with Crippen LogP contribution in [0.4, 0.5) is 0 Å². The van der Waals surface area contributed by atoms with E-state index < -0.39 is 23.3 Å². The van der Waals surface area contributed by atoms with Crippen LogP contribution in [0, 0.1) is 0 Å². The van der Waals surface area contributed by atoms with Gasteiger partial charge in [-0.05, 0) is 19.1 Å². The molecule has 0 amide bonds. The van der Waals surface area contributed by atoms with Gasteiger partial charge in [-0.15, -0.1) is 0 Å². The summed E-state index contributed by atoms with van der Waals surface area (Å²) in [6.07, 6.45) is 1.40. The lowest BCUT2D eigenvalue weighted by Crippen LogP contribution is -2.40. The number of nitrogens with one attached hydrogen (secondary N) is 1. The molecule has 2 aromatic rings. The molecule has 0 saturated carbocycles. The molecule has 2 rings (SSSR count). The van der Waals surface area contributed by atoms with Gasteiger partial charge in [0.25, 0.3) is 5.56 Å². The van der Waals surface area contributed by atoms with Crippen molar-refractivity contribution in [2.75, 3.05) is 0 Å². The Morgan fingerprint density at radius 3 is 2.88 bits per heavy atom. The Kier molecular flexibility index (Phi) is 2.51. The number of aliphatic carboxylic acids is 1. The first-order chi connectivity index (χ1) is 8.02. The summed E-state index contributed by atoms with van der Waals surface area (Å²) in [7, 11) is 0. The number of hydrogen-bond acceptors (Lipinski definition) is 4. The topological polar surface area (TPSA) is 105 Å². The van der Waals surface area contributed by atoms with Gasteiger partial charge in [-0.2, -0.15) is 0 Å². The summed E-state index contributed by atoms with van der Waals surface area (Å²) in [6, 6.07) is 1.86. The van der Waals surface area contributed by atoms with E-state index in [0.717, 1.165) is 0 Å². The molecule has 2 N–H and O–H groups in total. The second-order valence-corrected chi connectivity index (χ2v) is 3.52. The highest BCUT2D eigenvalue weighted by molar-refractivity contribution is 5.74. The molecule has 2 heterocycles. The van der Waals surface area contributed by atoms with Crippen LogP contribution in [-0.2, 0) is 4.79 Å². The first kappa shape index (κ1) is 11.1. The van der Waals surface area contributed by atoms with Gasteiger partial charge in [0.15, 0.2) is 5.52 Å². The Morgan fingerprint density at radius 1 is 1.53 bits per heavy atom. The molecule has 1 atom stereocenters. The number of carboxylic acid groups (broad SMARTS) is 1. The SMILES string of the molecule is C[C@H](C(=O)O)n1c(=O)[nH]c2cccnc2c1=O. The number of fused-ring (bicyclic) bond motifs is 1. The van der Waals surface area contributed by atoms with Crippen molar-refractivity contribution in [3.8, 4) is 0 Å². The molecular formula is C10H9N3O4. The van der Waals surface area contributed by atoms with E-state index >= 15 is 0 Å². The summed E-state index contributed by atoms with van der Waals surface area (Å²) in [6.45, 7) is 1.26. The smallest absolute Gasteiger partial charge is 0.329 e. The Bertz CT molecular complexity index is 700. The van der Waals surface area contributed by atoms with Crippen LogP contribution in [0.5, 0.6) is 0 Å². The zero-order valence-electron chi connectivity index (χ0n) is 8.88. The van der Waals surface area contributed by atoms with Gasteiger partial charge in [0.05, 0.1) is 5.52 Å². The number of H-pyrrole nitrogens is 1. The molecule has 0 unspecified atom stereocenters. The van der Waals surface area contributed by atoms with Crippen LogP contribution in [0.2, 0.25) is 0 Å². The summed E-state index contributed by atoms with van der Waals surface area (Å²) in [5, 5.41) is 8.82. The zero-order chi connectivity index (χ0) is 12.6. The molecule has 17 heavy (non-hydrogen) atoms. The maximum absolute atomic E-state index is 11.9. The van der Waals surface area contributed by atoms with Gasteiger partial charge in [-0.3, -0.25) is 4.79 Å². The number of aromatic nitrogens is 3. The summed E-state index contributed by atoms with van der Waals surface area (Å²) in [4.78, 5) is 40.6. The number of nitrogens with zero attached hydrogens (tertiary/aromatic N) is 2. The van der Waals surface area contributed by atoms with Crippen LogP contribution in [0.15, 0.2) is 27.9 Å². The van der Waals surface area contributed by atoms with Crippen LogP contribution in [-0.4, -0.2) is 25.6 Å². The first-order valence-corrected chi connectivity index (χ1v) is 4.84. The first-order valence-electron chi connectivity index (χ1n) is 4.84. The number of pyridine rings is 1. The lowest BCUT2D eigenvalue weighted by Gasteiger charge is -2.09. The number of carbonyl (C=O) groups is 1. The van der Waals surface area contributed by atoms with Gasteiger partial charge < -0.3 is 10.1 Å². The van der Waals surface area contributed by atoms with E-state index in [0.29, 0.717) is 4.57 Å². The van der Waals surface area contributed by atoms with Crippen molar-refractivity contribution in [3.63, 3.8) is 0 Å². The van der Waals surface area contributed by atoms with Crippen molar-refractivity contribution < 1.29 is 9.90 Å². The summed E-state index contributed by atoms with van der Waals surface area (Å²) in [5.41, 5.74) is -1.14. The van der Waals surface area contributed by atoms with Gasteiger partial charge >= 0.3 is 11.7 Å². The third-order valence-electron chi connectivity index (χ3n) is 2.43. The minimum Gasteiger partial charge on any atom is -0.480 e. The molecule has 0 fully saturated rings. The molecule has 0 saturated heterocycles. The highest BCUT2D eigenvalue weighted by Crippen LogP contribution is 2.03. The standard InChI is InChI=1S/C10H9N3O4/c1-5(9(15)16)13-8(14)7-6(12-10(13)17)3-2-4-11-7/h2-5H,1H3,(H,12,17)(H,15,16)/t5-/m1/s1. The van der Waals surface area contributed by atoms with E-state index in [1.54, 1.807) is 6.07 Å². The van der Waals surface area contributed by atoms with Gasteiger partial charge in [-0.25, -0.2) is 19.1 Å². The lowest BCUT2D eigenvalue weighted by molar-refractivity contribution is -0.140. The van der Waals surface area contributed by atoms with Gasteiger partial charge in [0.1, 0.15) is 6.04 Å². The summed E-state index contributed by atoms with van der Waals surface area (Å²) >= 11 is 0. The third-order valence-corrected chi connectivity index (χ3v) is 2.43. The molecule has 0 bridgehead atoms. The van der Waals surface area contributed by atoms with Gasteiger partial charge in [-0.1, -0.05) is 0 Å². The normalized spacial score (nSPS) is 12.5. The minimum atomic E-state index is -1.26. The molecule has 0 aliphatic rings. The van der Waals surface area contributed by atoms with Crippen molar-refractivity contribution >= 4 is 17.0 Å². The zero-order valence-corrected chi connectivity index (χ0v) is 8.88. The van der Waals surface area contributed by atoms with Gasteiger partial charge in [0.2, 0.25) is 0 Å². The lowest BCUT2D eigenvalue weighted by atomic mass is 10.3. The monoisotopic (exact) mass is 235 g/mol. The Balaban J connectivity index is 2.86. The maximum Gasteiger partial charge on any atom is 0.329 e. The fourth-order valence-electron chi connectivity index (χ4n) is 1.52. The maximum atomic E-state index is 11.9. The average molecular weight is 235 g/mol. The highest BCUT2D eigenvalue weighted by atomic mass is 16.4. The molecule has 7 nitrogen and oxygen atoms in total. The molecule has 0 radical (unpaired) electrons. The summed E-state index contributed by atoms with van der Waals surface area (Å²) in [5.74, 6) is -1.26. The number of carboxylic acids is 1. The van der Waals surface area contributed by atoms with Gasteiger partial charge in [0, 0.05) is 6.20 Å². The second kappa shape index (κ2) is 3.85. The fraction of sp³-hybridized carbons (Fsp3) is 0.200. The van der Waals surface area contributed by atoms with E-state index in [1.165, 1.54) is 19.2 Å². The molecule has 0 aliphatic carbocycles. The van der Waals surface area contributed by atoms with Crippen LogP contribution in [0.25, 0.3) is 11.0 Å². The predicted molar refractivity (Wildman–Crippen MR) is 59.0 cm³/mol.